The van der Waals surface area contributed by atoms with E-state index in [4.69, 9.17) is 14.3 Å². The lowest BCUT2D eigenvalue weighted by molar-refractivity contribution is -0.142. The van der Waals surface area contributed by atoms with Crippen LogP contribution in [-0.4, -0.2) is 26.0 Å². The van der Waals surface area contributed by atoms with Crippen LogP contribution in [0.15, 0.2) is 63.9 Å². The molecule has 0 aliphatic carbocycles. The van der Waals surface area contributed by atoms with E-state index >= 15 is 0 Å². The zero-order valence-electron chi connectivity index (χ0n) is 14.6. The number of carbonyl (C=O) groups is 1. The second kappa shape index (κ2) is 7.73. The van der Waals surface area contributed by atoms with Gasteiger partial charge in [-0.3, -0.25) is 4.79 Å². The van der Waals surface area contributed by atoms with Gasteiger partial charge in [-0.25, -0.2) is 18.5 Å². The summed E-state index contributed by atoms with van der Waals surface area (Å²) in [5.41, 5.74) is 1.92. The maximum atomic E-state index is 11.8. The van der Waals surface area contributed by atoms with Crippen molar-refractivity contribution in [3.63, 3.8) is 0 Å². The maximum absolute atomic E-state index is 11.8. The Morgan fingerprint density at radius 2 is 1.74 bits per heavy atom. The van der Waals surface area contributed by atoms with Gasteiger partial charge in [0, 0.05) is 11.1 Å². The van der Waals surface area contributed by atoms with Gasteiger partial charge in [0.15, 0.2) is 5.76 Å². The predicted molar refractivity (Wildman–Crippen MR) is 99.1 cm³/mol. The van der Waals surface area contributed by atoms with Crippen LogP contribution >= 0.6 is 0 Å². The fourth-order valence-electron chi connectivity index (χ4n) is 2.56. The molecular formula is C19H18N2O5S. The first-order valence-corrected chi connectivity index (χ1v) is 9.77. The first-order chi connectivity index (χ1) is 12.9. The van der Waals surface area contributed by atoms with Gasteiger partial charge in [0.05, 0.1) is 11.5 Å². The second-order valence-corrected chi connectivity index (χ2v) is 7.26. The molecule has 8 heteroatoms. The minimum absolute atomic E-state index is 0.00255. The third-order valence-corrected chi connectivity index (χ3v) is 4.69. The summed E-state index contributed by atoms with van der Waals surface area (Å²) < 4.78 is 33.7. The van der Waals surface area contributed by atoms with Crippen LogP contribution in [0.5, 0.6) is 0 Å². The molecule has 2 N–H and O–H groups in total. The second-order valence-electron chi connectivity index (χ2n) is 5.70. The number of sulfonamides is 1. The number of carbonyl (C=O) groups excluding carboxylic acids is 1. The van der Waals surface area contributed by atoms with Crippen molar-refractivity contribution >= 4 is 16.0 Å². The Balaban J connectivity index is 2.04. The van der Waals surface area contributed by atoms with Gasteiger partial charge in [-0.05, 0) is 19.1 Å². The molecule has 0 bridgehead atoms. The molecule has 0 atom stereocenters. The van der Waals surface area contributed by atoms with Crippen LogP contribution in [0, 0.1) is 0 Å². The van der Waals surface area contributed by atoms with Crippen LogP contribution in [-0.2, 0) is 26.0 Å². The topological polar surface area (TPSA) is 112 Å². The van der Waals surface area contributed by atoms with E-state index in [1.165, 1.54) is 12.1 Å². The Morgan fingerprint density at radius 1 is 1.07 bits per heavy atom. The molecule has 140 valence electrons. The quantitative estimate of drug-likeness (QED) is 0.652. The van der Waals surface area contributed by atoms with Crippen molar-refractivity contribution in [2.75, 3.05) is 6.61 Å². The highest BCUT2D eigenvalue weighted by Gasteiger charge is 2.19. The maximum Gasteiger partial charge on any atom is 0.315 e. The number of aromatic nitrogens is 1. The van der Waals surface area contributed by atoms with Crippen LogP contribution in [0.2, 0.25) is 0 Å². The Hall–Kier alpha value is -2.97. The number of nitrogens with zero attached hydrogens (tertiary/aromatic N) is 1. The summed E-state index contributed by atoms with van der Waals surface area (Å²) in [6.45, 7) is 1.99. The van der Waals surface area contributed by atoms with Gasteiger partial charge in [-0.2, -0.15) is 0 Å². The molecule has 27 heavy (non-hydrogen) atoms. The van der Waals surface area contributed by atoms with E-state index in [1.54, 1.807) is 19.1 Å². The Labute approximate surface area is 156 Å². The molecular weight excluding hydrogens is 368 g/mol. The van der Waals surface area contributed by atoms with Gasteiger partial charge in [0.25, 0.3) is 0 Å². The van der Waals surface area contributed by atoms with Crippen molar-refractivity contribution in [2.24, 2.45) is 5.14 Å². The normalized spacial score (nSPS) is 11.3. The van der Waals surface area contributed by atoms with E-state index in [0.29, 0.717) is 17.0 Å². The number of esters is 1. The minimum Gasteiger partial charge on any atom is -0.466 e. The number of rotatable bonds is 6. The van der Waals surface area contributed by atoms with Crippen LogP contribution in [0.1, 0.15) is 12.8 Å². The summed E-state index contributed by atoms with van der Waals surface area (Å²) >= 11 is 0. The first-order valence-electron chi connectivity index (χ1n) is 8.22. The van der Waals surface area contributed by atoms with Crippen LogP contribution in [0.4, 0.5) is 0 Å². The molecule has 0 spiro atoms. The summed E-state index contributed by atoms with van der Waals surface area (Å²) in [5.74, 6) is 0.269. The van der Waals surface area contributed by atoms with Gasteiger partial charge < -0.3 is 9.15 Å². The van der Waals surface area contributed by atoms with Crippen LogP contribution < -0.4 is 5.14 Å². The number of hydrogen-bond donors (Lipinski definition) is 1. The van der Waals surface area contributed by atoms with E-state index in [1.807, 2.05) is 30.3 Å². The lowest BCUT2D eigenvalue weighted by Crippen LogP contribution is -2.11. The fourth-order valence-corrected chi connectivity index (χ4v) is 3.07. The molecule has 0 radical (unpaired) electrons. The number of hydrogen-bond acceptors (Lipinski definition) is 6. The molecule has 7 nitrogen and oxygen atoms in total. The Kier molecular flexibility index (Phi) is 5.38. The summed E-state index contributed by atoms with van der Waals surface area (Å²) in [6.07, 6.45) is -0.0943. The third-order valence-electron chi connectivity index (χ3n) is 3.76. The number of oxazole rings is 1. The van der Waals surface area contributed by atoms with Gasteiger partial charge in [-0.1, -0.05) is 42.5 Å². The van der Waals surface area contributed by atoms with Crippen LogP contribution in [0.3, 0.4) is 0 Å². The average molecular weight is 386 g/mol. The molecule has 0 fully saturated rings. The number of benzene rings is 2. The van der Waals surface area contributed by atoms with E-state index in [2.05, 4.69) is 4.98 Å². The number of ether oxygens (including phenoxy) is 1. The average Bonchev–Trinajstić information content (AvgIpc) is 3.06. The highest BCUT2D eigenvalue weighted by atomic mass is 32.2. The lowest BCUT2D eigenvalue weighted by Gasteiger charge is -2.03. The van der Waals surface area contributed by atoms with Crippen molar-refractivity contribution in [1.82, 2.24) is 4.98 Å². The summed E-state index contributed by atoms with van der Waals surface area (Å²) in [5, 5.41) is 5.14. The molecule has 0 aliphatic heterocycles. The molecule has 0 saturated carbocycles. The van der Waals surface area contributed by atoms with Crippen molar-refractivity contribution in [2.45, 2.75) is 18.2 Å². The number of nitrogens with two attached hydrogens (primary N) is 1. The lowest BCUT2D eigenvalue weighted by atomic mass is 10.1. The molecule has 1 heterocycles. The molecule has 3 aromatic rings. The Morgan fingerprint density at radius 3 is 2.33 bits per heavy atom. The van der Waals surface area contributed by atoms with E-state index < -0.39 is 16.0 Å². The zero-order valence-corrected chi connectivity index (χ0v) is 15.4. The van der Waals surface area contributed by atoms with Crippen molar-refractivity contribution < 1.29 is 22.4 Å². The van der Waals surface area contributed by atoms with Gasteiger partial charge in [0.2, 0.25) is 15.9 Å². The van der Waals surface area contributed by atoms with E-state index in [-0.39, 0.29) is 23.8 Å². The van der Waals surface area contributed by atoms with Crippen LogP contribution in [0.25, 0.3) is 22.6 Å². The van der Waals surface area contributed by atoms with Crippen molar-refractivity contribution in [3.05, 3.63) is 60.5 Å². The van der Waals surface area contributed by atoms with Crippen molar-refractivity contribution in [3.8, 4) is 22.6 Å². The highest BCUT2D eigenvalue weighted by molar-refractivity contribution is 7.89. The molecule has 0 amide bonds. The molecule has 2 aromatic carbocycles. The molecule has 0 saturated heterocycles. The first kappa shape index (κ1) is 18.8. The summed E-state index contributed by atoms with van der Waals surface area (Å²) in [4.78, 5) is 16.2. The minimum atomic E-state index is -3.79. The standard InChI is InChI=1S/C19H18N2O5S/c1-2-25-17(22)12-16-21-18(19(26-16)14-6-4-3-5-7-14)13-8-10-15(11-9-13)27(20,23)24/h3-11H,2,12H2,1H3,(H2,20,23,24). The SMILES string of the molecule is CCOC(=O)Cc1nc(-c2ccc(S(N)(=O)=O)cc2)c(-c2ccccc2)o1. The number of primary sulfonamides is 1. The van der Waals surface area contributed by atoms with Gasteiger partial charge in [0.1, 0.15) is 12.1 Å². The zero-order chi connectivity index (χ0) is 19.4. The van der Waals surface area contributed by atoms with Gasteiger partial charge in [-0.15, -0.1) is 0 Å². The monoisotopic (exact) mass is 386 g/mol. The summed E-state index contributed by atoms with van der Waals surface area (Å²) in [7, 11) is -3.79. The molecule has 3 rings (SSSR count). The van der Waals surface area contributed by atoms with Gasteiger partial charge >= 0.3 is 5.97 Å². The van der Waals surface area contributed by atoms with Crippen molar-refractivity contribution in [1.29, 1.82) is 0 Å². The predicted octanol–water partition coefficient (Wildman–Crippen LogP) is 2.76. The summed E-state index contributed by atoms with van der Waals surface area (Å²) in [6, 6.07) is 15.3. The fraction of sp³-hybridized carbons (Fsp3) is 0.158. The molecule has 1 aromatic heterocycles. The third kappa shape index (κ3) is 4.42. The molecule has 0 aliphatic rings. The highest BCUT2D eigenvalue weighted by Crippen LogP contribution is 2.33. The van der Waals surface area contributed by atoms with E-state index in [9.17, 15) is 13.2 Å². The largest absolute Gasteiger partial charge is 0.466 e. The van der Waals surface area contributed by atoms with E-state index in [0.717, 1.165) is 5.56 Å². The smallest absolute Gasteiger partial charge is 0.315 e. The molecule has 0 unspecified atom stereocenters. The Bertz CT molecular complexity index is 1040.